The number of anilines is 1. The molecule has 0 aromatic heterocycles. The summed E-state index contributed by atoms with van der Waals surface area (Å²) in [4.78, 5) is 14.2. The molecule has 2 aliphatic rings. The smallest absolute Gasteiger partial charge is 0.201 e. The predicted octanol–water partition coefficient (Wildman–Crippen LogP) is 1.78. The molecule has 0 saturated carbocycles. The summed E-state index contributed by atoms with van der Waals surface area (Å²) in [5, 5.41) is 3.23. The summed E-state index contributed by atoms with van der Waals surface area (Å²) >= 11 is 0. The van der Waals surface area contributed by atoms with Crippen molar-refractivity contribution < 1.29 is 9.18 Å². The molecule has 2 heterocycles. The van der Waals surface area contributed by atoms with E-state index in [-0.39, 0.29) is 5.78 Å². The molecule has 1 spiro atoms. The Bertz CT molecular complexity index is 482. The van der Waals surface area contributed by atoms with Gasteiger partial charge in [0.05, 0.1) is 5.54 Å². The molecule has 1 atom stereocenters. The third-order valence-corrected chi connectivity index (χ3v) is 4.37. The first-order chi connectivity index (χ1) is 8.67. The van der Waals surface area contributed by atoms with Gasteiger partial charge in [-0.1, -0.05) is 12.1 Å². The molecule has 96 valence electrons. The van der Waals surface area contributed by atoms with Crippen LogP contribution in [0.1, 0.15) is 23.2 Å². The molecule has 0 amide bonds. The number of Topliss-reactive ketones (excluding diaryl/α,β-unsaturated/α-hetero) is 1. The second kappa shape index (κ2) is 4.05. The quantitative estimate of drug-likeness (QED) is 0.759. The maximum Gasteiger partial charge on any atom is 0.201 e. The second-order valence-corrected chi connectivity index (χ2v) is 5.16. The number of hydrogen-bond donors (Lipinski definition) is 1. The van der Waals surface area contributed by atoms with Gasteiger partial charge in [-0.2, -0.15) is 0 Å². The number of piperidine rings is 1. The van der Waals surface area contributed by atoms with Crippen LogP contribution < -0.4 is 10.2 Å². The molecule has 1 N–H and O–H groups in total. The molecule has 1 aromatic rings. The number of hydrogen-bond acceptors (Lipinski definition) is 3. The van der Waals surface area contributed by atoms with Crippen molar-refractivity contribution in [1.82, 2.24) is 5.32 Å². The number of carbonyl (C=O) groups is 1. The van der Waals surface area contributed by atoms with Crippen molar-refractivity contribution in [2.24, 2.45) is 0 Å². The van der Waals surface area contributed by atoms with E-state index in [4.69, 9.17) is 0 Å². The van der Waals surface area contributed by atoms with Gasteiger partial charge in [0.25, 0.3) is 0 Å². The predicted molar refractivity (Wildman–Crippen MR) is 68.9 cm³/mol. The molecule has 1 unspecified atom stereocenters. The Balaban J connectivity index is 2.12. The Labute approximate surface area is 106 Å². The van der Waals surface area contributed by atoms with E-state index in [9.17, 15) is 9.18 Å². The van der Waals surface area contributed by atoms with Crippen LogP contribution in [0.4, 0.5) is 10.1 Å². The number of halogens is 1. The maximum absolute atomic E-state index is 14.6. The fourth-order valence-electron chi connectivity index (χ4n) is 3.21. The van der Waals surface area contributed by atoms with Crippen molar-refractivity contribution in [3.8, 4) is 0 Å². The Morgan fingerprint density at radius 2 is 2.00 bits per heavy atom. The molecule has 0 bridgehead atoms. The molecule has 0 aliphatic carbocycles. The van der Waals surface area contributed by atoms with E-state index in [2.05, 4.69) is 5.32 Å². The van der Waals surface area contributed by atoms with E-state index in [1.807, 2.05) is 24.1 Å². The van der Waals surface area contributed by atoms with Gasteiger partial charge >= 0.3 is 0 Å². The van der Waals surface area contributed by atoms with Crippen LogP contribution in [0.15, 0.2) is 24.3 Å². The Hall–Kier alpha value is -1.42. The molecule has 3 nitrogen and oxygen atoms in total. The van der Waals surface area contributed by atoms with Gasteiger partial charge in [0.2, 0.25) is 5.78 Å². The average molecular weight is 248 g/mol. The third kappa shape index (κ3) is 1.42. The lowest BCUT2D eigenvalue weighted by molar-refractivity contribution is 0.0692. The number of fused-ring (bicyclic) bond motifs is 1. The summed E-state index contributed by atoms with van der Waals surface area (Å²) in [6.45, 7) is 1.53. The summed E-state index contributed by atoms with van der Waals surface area (Å²) in [5.74, 6) is -0.356. The zero-order chi connectivity index (χ0) is 12.8. The van der Waals surface area contributed by atoms with E-state index in [0.717, 1.165) is 18.8 Å². The van der Waals surface area contributed by atoms with E-state index >= 15 is 0 Å². The first-order valence-corrected chi connectivity index (χ1v) is 6.39. The summed E-state index contributed by atoms with van der Waals surface area (Å²) < 4.78 is 14.6. The van der Waals surface area contributed by atoms with E-state index in [1.165, 1.54) is 0 Å². The molecule has 2 aliphatic heterocycles. The van der Waals surface area contributed by atoms with Crippen LogP contribution in [0.2, 0.25) is 0 Å². The van der Waals surface area contributed by atoms with Crippen molar-refractivity contribution in [3.05, 3.63) is 29.8 Å². The molecule has 18 heavy (non-hydrogen) atoms. The lowest BCUT2D eigenvalue weighted by Crippen LogP contribution is -2.63. The number of ketones is 1. The minimum Gasteiger partial charge on any atom is -0.365 e. The largest absolute Gasteiger partial charge is 0.365 e. The van der Waals surface area contributed by atoms with Crippen LogP contribution in [-0.4, -0.2) is 37.6 Å². The zero-order valence-electron chi connectivity index (χ0n) is 10.4. The van der Waals surface area contributed by atoms with Crippen LogP contribution in [0.3, 0.4) is 0 Å². The van der Waals surface area contributed by atoms with Crippen LogP contribution in [0.25, 0.3) is 0 Å². The third-order valence-electron chi connectivity index (χ3n) is 4.37. The monoisotopic (exact) mass is 248 g/mol. The highest BCUT2D eigenvalue weighted by atomic mass is 19.1. The van der Waals surface area contributed by atoms with Gasteiger partial charge < -0.3 is 10.2 Å². The Morgan fingerprint density at radius 1 is 1.33 bits per heavy atom. The summed E-state index contributed by atoms with van der Waals surface area (Å²) in [6.07, 6.45) is -0.0744. The van der Waals surface area contributed by atoms with Gasteiger partial charge in [0.1, 0.15) is 0 Å². The van der Waals surface area contributed by atoms with Crippen molar-refractivity contribution in [2.45, 2.75) is 24.6 Å². The highest BCUT2D eigenvalue weighted by Gasteiger charge is 2.51. The van der Waals surface area contributed by atoms with Gasteiger partial charge in [0.15, 0.2) is 6.17 Å². The van der Waals surface area contributed by atoms with Gasteiger partial charge in [-0.05, 0) is 38.1 Å². The lowest BCUT2D eigenvalue weighted by atomic mass is 9.76. The van der Waals surface area contributed by atoms with Gasteiger partial charge in [-0.15, -0.1) is 0 Å². The molecule has 1 saturated heterocycles. The number of carbonyl (C=O) groups excluding carboxylic acids is 1. The van der Waals surface area contributed by atoms with E-state index in [0.29, 0.717) is 18.4 Å². The number of nitrogens with one attached hydrogen (secondary N) is 1. The zero-order valence-corrected chi connectivity index (χ0v) is 10.4. The van der Waals surface area contributed by atoms with Crippen LogP contribution in [-0.2, 0) is 0 Å². The topological polar surface area (TPSA) is 32.3 Å². The second-order valence-electron chi connectivity index (χ2n) is 5.16. The van der Waals surface area contributed by atoms with Crippen LogP contribution in [0, 0.1) is 0 Å². The minimum absolute atomic E-state index is 0.356. The summed E-state index contributed by atoms with van der Waals surface area (Å²) in [7, 11) is 1.91. The number of nitrogens with zero attached hydrogens (tertiary/aromatic N) is 1. The molecular weight excluding hydrogens is 231 g/mol. The summed E-state index contributed by atoms with van der Waals surface area (Å²) in [5.41, 5.74) is 0.714. The van der Waals surface area contributed by atoms with Crippen LogP contribution >= 0.6 is 0 Å². The number of benzene rings is 1. The Morgan fingerprint density at radius 3 is 2.72 bits per heavy atom. The lowest BCUT2D eigenvalue weighted by Gasteiger charge is -2.50. The van der Waals surface area contributed by atoms with E-state index < -0.39 is 11.7 Å². The molecule has 4 heteroatoms. The molecule has 1 fully saturated rings. The van der Waals surface area contributed by atoms with Gasteiger partial charge in [0, 0.05) is 18.3 Å². The SMILES string of the molecule is CN1c2ccccc2C(=O)C(F)C12CCNCC2. The fourth-order valence-corrected chi connectivity index (χ4v) is 3.21. The van der Waals surface area contributed by atoms with Gasteiger partial charge in [-0.25, -0.2) is 4.39 Å². The molecule has 1 aromatic carbocycles. The summed E-state index contributed by atoms with van der Waals surface area (Å²) in [6, 6.07) is 7.31. The molecule has 3 rings (SSSR count). The molecular formula is C14H17FN2O. The standard InChI is InChI=1S/C14H17FN2O/c1-17-11-5-3-2-4-10(11)12(18)13(15)14(17)6-8-16-9-7-14/h2-5,13,16H,6-9H2,1H3. The van der Waals surface area contributed by atoms with Crippen molar-refractivity contribution in [3.63, 3.8) is 0 Å². The number of alkyl halides is 1. The van der Waals surface area contributed by atoms with Crippen molar-refractivity contribution in [2.75, 3.05) is 25.0 Å². The highest BCUT2D eigenvalue weighted by molar-refractivity contribution is 6.07. The van der Waals surface area contributed by atoms with Crippen molar-refractivity contribution >= 4 is 11.5 Å². The van der Waals surface area contributed by atoms with Crippen molar-refractivity contribution in [1.29, 1.82) is 0 Å². The maximum atomic E-state index is 14.6. The van der Waals surface area contributed by atoms with Crippen LogP contribution in [0.5, 0.6) is 0 Å². The number of rotatable bonds is 0. The fraction of sp³-hybridized carbons (Fsp3) is 0.500. The average Bonchev–Trinajstić information content (AvgIpc) is 2.44. The minimum atomic E-state index is -1.42. The van der Waals surface area contributed by atoms with E-state index in [1.54, 1.807) is 12.1 Å². The Kier molecular flexibility index (Phi) is 2.63. The first kappa shape index (κ1) is 11.7. The first-order valence-electron chi connectivity index (χ1n) is 6.39. The molecule has 0 radical (unpaired) electrons. The van der Waals surface area contributed by atoms with Gasteiger partial charge in [-0.3, -0.25) is 4.79 Å². The highest BCUT2D eigenvalue weighted by Crippen LogP contribution is 2.42. The normalized spacial score (nSPS) is 26.2. The number of para-hydroxylation sites is 1.